The lowest BCUT2D eigenvalue weighted by Gasteiger charge is -2.59. The minimum Gasteiger partial charge on any atom is -0.264 e. The van der Waals surface area contributed by atoms with Gasteiger partial charge in [-0.2, -0.15) is 8.42 Å². The maximum absolute atomic E-state index is 11.3. The Hall–Kier alpha value is -0.390. The third-order valence-electron chi connectivity index (χ3n) is 11.6. The molecular weight excluding hydrogens is 444 g/mol. The lowest BCUT2D eigenvalue weighted by Crippen LogP contribution is -2.52. The van der Waals surface area contributed by atoms with Gasteiger partial charge in [0.1, 0.15) is 0 Å². The number of allylic oxidation sites excluding steroid dienone is 2. The fourth-order valence-electron chi connectivity index (χ4n) is 9.50. The Labute approximate surface area is 209 Å². The molecule has 4 nitrogen and oxygen atoms in total. The van der Waals surface area contributed by atoms with Gasteiger partial charge in [0, 0.05) is 0 Å². The van der Waals surface area contributed by atoms with Crippen LogP contribution >= 0.6 is 0 Å². The molecule has 0 radical (unpaired) electrons. The highest BCUT2D eigenvalue weighted by Gasteiger charge is 2.59. The highest BCUT2D eigenvalue weighted by atomic mass is 32.3. The van der Waals surface area contributed by atoms with E-state index in [4.69, 9.17) is 8.74 Å². The van der Waals surface area contributed by atoms with Crippen molar-refractivity contribution in [3.63, 3.8) is 0 Å². The normalized spacial score (nSPS) is 43.8. The number of hydrogen-bond acceptors (Lipinski definition) is 3. The molecule has 0 aromatic carbocycles. The Morgan fingerprint density at radius 3 is 2.29 bits per heavy atom. The average molecular weight is 495 g/mol. The van der Waals surface area contributed by atoms with Crippen LogP contribution in [0.3, 0.4) is 0 Å². The first-order valence-electron chi connectivity index (χ1n) is 14.2. The van der Waals surface area contributed by atoms with Crippen LogP contribution in [0.2, 0.25) is 0 Å². The quantitative estimate of drug-likeness (QED) is 0.277. The molecule has 0 saturated heterocycles. The lowest BCUT2D eigenvalue weighted by molar-refractivity contribution is -0.0787. The van der Waals surface area contributed by atoms with E-state index in [2.05, 4.69) is 53.7 Å². The second-order valence-corrected chi connectivity index (χ2v) is 14.5. The van der Waals surface area contributed by atoms with E-state index in [-0.39, 0.29) is 5.41 Å². The minimum absolute atomic E-state index is 0.217. The van der Waals surface area contributed by atoms with Crippen molar-refractivity contribution in [2.45, 2.75) is 112 Å². The van der Waals surface area contributed by atoms with E-state index in [1.165, 1.54) is 44.9 Å². The molecule has 4 aliphatic carbocycles. The lowest BCUT2D eigenvalue weighted by atomic mass is 9.46. The van der Waals surface area contributed by atoms with Gasteiger partial charge in [0.25, 0.3) is 0 Å². The Morgan fingerprint density at radius 1 is 0.971 bits per heavy atom. The van der Waals surface area contributed by atoms with Crippen LogP contribution in [-0.4, -0.2) is 19.1 Å². The van der Waals surface area contributed by atoms with Crippen molar-refractivity contribution in [1.82, 2.24) is 0 Å². The monoisotopic (exact) mass is 494 g/mol. The summed E-state index contributed by atoms with van der Waals surface area (Å²) in [5.41, 5.74) is 0.675. The summed E-state index contributed by atoms with van der Waals surface area (Å²) in [5, 5.41) is 0. The standard InChI is InChI=1S/C29H50O4S/c1-7-21(19(2)3)9-8-20(4)25-12-13-26-24-11-10-22-18-23(33-34(30,31)32)14-16-28(22,5)27(24)15-17-29(25,26)6/h10-11,19-27H,7-9,12-18H2,1-6H3,(H,30,31,32)/t20-,21-,22-,23+,24+,25-,26+,27+,28+,29-/m1/s1. The molecule has 0 bridgehead atoms. The van der Waals surface area contributed by atoms with Crippen LogP contribution in [0, 0.1) is 58.2 Å². The molecule has 34 heavy (non-hydrogen) atoms. The summed E-state index contributed by atoms with van der Waals surface area (Å²) < 4.78 is 36.7. The topological polar surface area (TPSA) is 63.6 Å². The maximum atomic E-state index is 11.3. The predicted octanol–water partition coefficient (Wildman–Crippen LogP) is 7.71. The average Bonchev–Trinajstić information content (AvgIpc) is 3.10. The predicted molar refractivity (Wildman–Crippen MR) is 139 cm³/mol. The Kier molecular flexibility index (Phi) is 7.70. The van der Waals surface area contributed by atoms with Crippen molar-refractivity contribution in [2.75, 3.05) is 0 Å². The zero-order chi connectivity index (χ0) is 24.9. The molecule has 5 heteroatoms. The SMILES string of the molecule is CC[C@H](CC[C@@H](C)[C@H]1CC[C@H]2[C@@H]3C=C[C@@H]4C[C@@H](OS(=O)(=O)O)CC[C@]4(C)[C@H]3CC[C@]12C)C(C)C. The summed E-state index contributed by atoms with van der Waals surface area (Å²) in [5.74, 6) is 5.79. The number of rotatable bonds is 8. The molecule has 0 spiro atoms. The second kappa shape index (κ2) is 9.82. The van der Waals surface area contributed by atoms with E-state index < -0.39 is 16.5 Å². The van der Waals surface area contributed by atoms with Crippen LogP contribution in [0.5, 0.6) is 0 Å². The molecule has 196 valence electrons. The van der Waals surface area contributed by atoms with Crippen LogP contribution < -0.4 is 0 Å². The molecule has 10 atom stereocenters. The van der Waals surface area contributed by atoms with Crippen molar-refractivity contribution >= 4 is 10.4 Å². The van der Waals surface area contributed by atoms with Gasteiger partial charge in [0.05, 0.1) is 6.10 Å². The second-order valence-electron chi connectivity index (χ2n) is 13.4. The van der Waals surface area contributed by atoms with Crippen LogP contribution in [0.25, 0.3) is 0 Å². The molecule has 1 N–H and O–H groups in total. The van der Waals surface area contributed by atoms with Crippen molar-refractivity contribution in [2.24, 2.45) is 58.2 Å². The third kappa shape index (κ3) is 4.92. The van der Waals surface area contributed by atoms with E-state index in [1.54, 1.807) is 0 Å². The van der Waals surface area contributed by atoms with Crippen molar-refractivity contribution in [3.05, 3.63) is 12.2 Å². The van der Waals surface area contributed by atoms with Gasteiger partial charge in [0.2, 0.25) is 0 Å². The molecule has 3 saturated carbocycles. The van der Waals surface area contributed by atoms with E-state index in [1.807, 2.05) is 0 Å². The zero-order valence-electron chi connectivity index (χ0n) is 22.5. The van der Waals surface area contributed by atoms with Crippen molar-refractivity contribution in [3.8, 4) is 0 Å². The van der Waals surface area contributed by atoms with Crippen LogP contribution in [0.1, 0.15) is 106 Å². The number of fused-ring (bicyclic) bond motifs is 5. The molecule has 0 heterocycles. The molecule has 4 aliphatic rings. The van der Waals surface area contributed by atoms with Gasteiger partial charge in [0.15, 0.2) is 0 Å². The van der Waals surface area contributed by atoms with Gasteiger partial charge in [-0.1, -0.05) is 66.5 Å². The van der Waals surface area contributed by atoms with Crippen LogP contribution in [0.15, 0.2) is 12.2 Å². The zero-order valence-corrected chi connectivity index (χ0v) is 23.3. The van der Waals surface area contributed by atoms with Crippen molar-refractivity contribution in [1.29, 1.82) is 0 Å². The number of hydrogen-bond donors (Lipinski definition) is 1. The first kappa shape index (κ1) is 26.7. The molecule has 0 aromatic heterocycles. The summed E-state index contributed by atoms with van der Waals surface area (Å²) in [4.78, 5) is 0. The molecule has 4 rings (SSSR count). The van der Waals surface area contributed by atoms with Crippen LogP contribution in [0.4, 0.5) is 0 Å². The van der Waals surface area contributed by atoms with E-state index in [0.717, 1.165) is 42.4 Å². The molecule has 3 fully saturated rings. The van der Waals surface area contributed by atoms with Crippen LogP contribution in [-0.2, 0) is 14.6 Å². The molecular formula is C29H50O4S. The van der Waals surface area contributed by atoms with E-state index in [0.29, 0.717) is 29.6 Å². The summed E-state index contributed by atoms with van der Waals surface area (Å²) in [7, 11) is -4.38. The highest BCUT2D eigenvalue weighted by Crippen LogP contribution is 2.67. The fraction of sp³-hybridized carbons (Fsp3) is 0.931. The van der Waals surface area contributed by atoms with Gasteiger partial charge < -0.3 is 0 Å². The summed E-state index contributed by atoms with van der Waals surface area (Å²) >= 11 is 0. The van der Waals surface area contributed by atoms with Gasteiger partial charge >= 0.3 is 10.4 Å². The first-order valence-corrected chi connectivity index (χ1v) is 15.6. The Morgan fingerprint density at radius 2 is 1.65 bits per heavy atom. The van der Waals surface area contributed by atoms with Gasteiger partial charge in [-0.05, 0) is 110 Å². The summed E-state index contributed by atoms with van der Waals surface area (Å²) in [6, 6.07) is 0. The van der Waals surface area contributed by atoms with E-state index >= 15 is 0 Å². The molecule has 0 amide bonds. The smallest absolute Gasteiger partial charge is 0.264 e. The van der Waals surface area contributed by atoms with Gasteiger partial charge in [-0.25, -0.2) is 4.18 Å². The molecule has 0 unspecified atom stereocenters. The third-order valence-corrected chi connectivity index (χ3v) is 12.1. The van der Waals surface area contributed by atoms with Gasteiger partial charge in [-0.15, -0.1) is 0 Å². The first-order chi connectivity index (χ1) is 15.9. The molecule has 0 aliphatic heterocycles. The maximum Gasteiger partial charge on any atom is 0.397 e. The summed E-state index contributed by atoms with van der Waals surface area (Å²) in [6.45, 7) is 14.8. The van der Waals surface area contributed by atoms with Crippen molar-refractivity contribution < 1.29 is 17.2 Å². The summed E-state index contributed by atoms with van der Waals surface area (Å²) in [6.07, 6.45) is 16.4. The molecule has 0 aromatic rings. The van der Waals surface area contributed by atoms with E-state index in [9.17, 15) is 8.42 Å². The van der Waals surface area contributed by atoms with Gasteiger partial charge in [-0.3, -0.25) is 4.55 Å². The highest BCUT2D eigenvalue weighted by molar-refractivity contribution is 7.80. The Balaban J connectivity index is 1.46. The Bertz CT molecular complexity index is 850. The minimum atomic E-state index is -4.38. The largest absolute Gasteiger partial charge is 0.397 e. The fourth-order valence-corrected chi connectivity index (χ4v) is 10.0.